The molecule has 0 aromatic carbocycles. The number of fused-ring (bicyclic) bond motifs is 1. The van der Waals surface area contributed by atoms with Crippen LogP contribution in [-0.2, 0) is 4.74 Å². The van der Waals surface area contributed by atoms with Crippen molar-refractivity contribution in [2.24, 2.45) is 0 Å². The highest BCUT2D eigenvalue weighted by atomic mass is 16.5. The summed E-state index contributed by atoms with van der Waals surface area (Å²) in [6.45, 7) is 2.07. The fourth-order valence-electron chi connectivity index (χ4n) is 1.18. The van der Waals surface area contributed by atoms with Crippen LogP contribution in [-0.4, -0.2) is 27.5 Å². The fourth-order valence-corrected chi connectivity index (χ4v) is 1.18. The van der Waals surface area contributed by atoms with E-state index < -0.39 is 6.09 Å². The van der Waals surface area contributed by atoms with Crippen LogP contribution in [0.1, 0.15) is 6.92 Å². The highest BCUT2D eigenvalue weighted by Gasteiger charge is 2.10. The molecule has 72 valence electrons. The molecule has 2 heterocycles. The molecule has 0 fully saturated rings. The summed E-state index contributed by atoms with van der Waals surface area (Å²) in [6.07, 6.45) is 2.69. The number of aromatic nitrogens is 3. The molecule has 0 spiro atoms. The van der Waals surface area contributed by atoms with Crippen molar-refractivity contribution in [3.8, 4) is 0 Å². The molecule has 2 aromatic heterocycles. The van der Waals surface area contributed by atoms with E-state index in [1.807, 2.05) is 6.07 Å². The molecule has 0 atom stereocenters. The van der Waals surface area contributed by atoms with Crippen molar-refractivity contribution >= 4 is 17.1 Å². The molecule has 2 rings (SSSR count). The third kappa shape index (κ3) is 1.32. The van der Waals surface area contributed by atoms with Gasteiger partial charge in [0.05, 0.1) is 12.8 Å². The van der Waals surface area contributed by atoms with Crippen LogP contribution in [0.15, 0.2) is 24.5 Å². The lowest BCUT2D eigenvalue weighted by Crippen LogP contribution is -2.15. The minimum atomic E-state index is -0.499. The second-order valence-electron chi connectivity index (χ2n) is 2.67. The number of pyridine rings is 1. The summed E-state index contributed by atoms with van der Waals surface area (Å²) in [5.41, 5.74) is 0.519. The smallest absolute Gasteiger partial charge is 0.436 e. The summed E-state index contributed by atoms with van der Waals surface area (Å²) < 4.78 is 5.97. The first kappa shape index (κ1) is 8.68. The molecule has 0 bridgehead atoms. The van der Waals surface area contributed by atoms with Gasteiger partial charge in [0.1, 0.15) is 0 Å². The molecule has 0 saturated heterocycles. The Hall–Kier alpha value is -1.91. The van der Waals surface area contributed by atoms with Gasteiger partial charge in [0.2, 0.25) is 0 Å². The molecule has 0 N–H and O–H groups in total. The maximum absolute atomic E-state index is 11.4. The number of carbonyl (C=O) groups is 1. The van der Waals surface area contributed by atoms with Crippen LogP contribution in [0.4, 0.5) is 4.79 Å². The fraction of sp³-hybridized carbons (Fsp3) is 0.222. The zero-order chi connectivity index (χ0) is 9.97. The number of hydrogen-bond acceptors (Lipinski definition) is 4. The lowest BCUT2D eigenvalue weighted by atomic mass is 10.4. The molecule has 14 heavy (non-hydrogen) atoms. The Balaban J connectivity index is 2.47. The minimum Gasteiger partial charge on any atom is -0.448 e. The van der Waals surface area contributed by atoms with Gasteiger partial charge in [-0.25, -0.2) is 9.78 Å². The Morgan fingerprint density at radius 3 is 3.29 bits per heavy atom. The van der Waals surface area contributed by atoms with Crippen molar-refractivity contribution in [3.63, 3.8) is 0 Å². The lowest BCUT2D eigenvalue weighted by molar-refractivity contribution is 0.151. The van der Waals surface area contributed by atoms with E-state index in [1.54, 1.807) is 25.4 Å². The highest BCUT2D eigenvalue weighted by molar-refractivity contribution is 5.84. The van der Waals surface area contributed by atoms with Crippen molar-refractivity contribution in [1.82, 2.24) is 14.8 Å². The monoisotopic (exact) mass is 191 g/mol. The summed E-state index contributed by atoms with van der Waals surface area (Å²) in [7, 11) is 0. The topological polar surface area (TPSA) is 57.0 Å². The van der Waals surface area contributed by atoms with Crippen LogP contribution >= 0.6 is 0 Å². The van der Waals surface area contributed by atoms with Crippen molar-refractivity contribution in [2.75, 3.05) is 6.61 Å². The number of ether oxygens (including phenoxy) is 1. The van der Waals surface area contributed by atoms with Gasteiger partial charge in [0.25, 0.3) is 0 Å². The molecule has 5 heteroatoms. The molecule has 5 nitrogen and oxygen atoms in total. The average molecular weight is 191 g/mol. The predicted molar refractivity (Wildman–Crippen MR) is 49.9 cm³/mol. The van der Waals surface area contributed by atoms with Crippen LogP contribution in [0.3, 0.4) is 0 Å². The summed E-state index contributed by atoms with van der Waals surface area (Å²) >= 11 is 0. The standard InChI is InChI=1S/C9H9N3O2/c1-2-14-9(13)12-8-7(6-11-12)4-3-5-10-8/h3-6H,2H2,1H3. The number of rotatable bonds is 1. The normalized spacial score (nSPS) is 10.4. The first-order valence-corrected chi connectivity index (χ1v) is 4.29. The zero-order valence-corrected chi connectivity index (χ0v) is 7.67. The third-order valence-corrected chi connectivity index (χ3v) is 1.77. The molecular weight excluding hydrogens is 182 g/mol. The van der Waals surface area contributed by atoms with Gasteiger partial charge in [0, 0.05) is 11.6 Å². The van der Waals surface area contributed by atoms with E-state index in [1.165, 1.54) is 0 Å². The van der Waals surface area contributed by atoms with Crippen LogP contribution in [0.5, 0.6) is 0 Å². The van der Waals surface area contributed by atoms with Gasteiger partial charge in [-0.15, -0.1) is 4.68 Å². The van der Waals surface area contributed by atoms with E-state index in [4.69, 9.17) is 4.74 Å². The van der Waals surface area contributed by atoms with Gasteiger partial charge in [-0.05, 0) is 19.1 Å². The number of hydrogen-bond donors (Lipinski definition) is 0. The molecule has 0 unspecified atom stereocenters. The first-order valence-electron chi connectivity index (χ1n) is 4.29. The van der Waals surface area contributed by atoms with Gasteiger partial charge in [-0.2, -0.15) is 5.10 Å². The molecule has 0 aliphatic carbocycles. The lowest BCUT2D eigenvalue weighted by Gasteiger charge is -2.00. The third-order valence-electron chi connectivity index (χ3n) is 1.77. The Bertz CT molecular complexity index is 464. The maximum atomic E-state index is 11.4. The molecule has 0 aliphatic rings. The van der Waals surface area contributed by atoms with Gasteiger partial charge in [-0.1, -0.05) is 0 Å². The van der Waals surface area contributed by atoms with Crippen LogP contribution < -0.4 is 0 Å². The quantitative estimate of drug-likeness (QED) is 0.684. The van der Waals surface area contributed by atoms with Crippen LogP contribution in [0.25, 0.3) is 11.0 Å². The van der Waals surface area contributed by atoms with E-state index in [0.29, 0.717) is 12.3 Å². The summed E-state index contributed by atoms with van der Waals surface area (Å²) in [4.78, 5) is 15.4. The Labute approximate surface area is 80.3 Å². The van der Waals surface area contributed by atoms with E-state index in [-0.39, 0.29) is 0 Å². The van der Waals surface area contributed by atoms with E-state index in [2.05, 4.69) is 10.1 Å². The van der Waals surface area contributed by atoms with E-state index in [0.717, 1.165) is 10.1 Å². The summed E-state index contributed by atoms with van der Waals surface area (Å²) in [6, 6.07) is 3.63. The first-order chi connectivity index (χ1) is 6.83. The van der Waals surface area contributed by atoms with E-state index in [9.17, 15) is 4.79 Å². The van der Waals surface area contributed by atoms with Crippen LogP contribution in [0.2, 0.25) is 0 Å². The predicted octanol–water partition coefficient (Wildman–Crippen LogP) is 1.44. The van der Waals surface area contributed by atoms with Gasteiger partial charge >= 0.3 is 6.09 Å². The molecule has 0 aliphatic heterocycles. The van der Waals surface area contributed by atoms with Gasteiger partial charge in [0.15, 0.2) is 5.65 Å². The van der Waals surface area contributed by atoms with Crippen molar-refractivity contribution in [2.45, 2.75) is 6.92 Å². The average Bonchev–Trinajstić information content (AvgIpc) is 2.61. The van der Waals surface area contributed by atoms with Crippen molar-refractivity contribution in [3.05, 3.63) is 24.5 Å². The van der Waals surface area contributed by atoms with E-state index >= 15 is 0 Å². The number of carbonyl (C=O) groups excluding carboxylic acids is 1. The molecule has 0 radical (unpaired) electrons. The van der Waals surface area contributed by atoms with Gasteiger partial charge in [-0.3, -0.25) is 0 Å². The second-order valence-corrected chi connectivity index (χ2v) is 2.67. The van der Waals surface area contributed by atoms with Crippen molar-refractivity contribution in [1.29, 1.82) is 0 Å². The highest BCUT2D eigenvalue weighted by Crippen LogP contribution is 2.09. The Kier molecular flexibility index (Phi) is 2.14. The Morgan fingerprint density at radius 2 is 2.50 bits per heavy atom. The molecule has 0 saturated carbocycles. The van der Waals surface area contributed by atoms with Crippen molar-refractivity contribution < 1.29 is 9.53 Å². The zero-order valence-electron chi connectivity index (χ0n) is 7.67. The maximum Gasteiger partial charge on any atom is 0.436 e. The SMILES string of the molecule is CCOC(=O)n1ncc2cccnc21. The summed E-state index contributed by atoms with van der Waals surface area (Å²) in [5, 5.41) is 4.71. The second kappa shape index (κ2) is 3.45. The molecule has 2 aromatic rings. The largest absolute Gasteiger partial charge is 0.448 e. The molecular formula is C9H9N3O2. The van der Waals surface area contributed by atoms with Crippen LogP contribution in [0, 0.1) is 0 Å². The molecule has 0 amide bonds. The minimum absolute atomic E-state index is 0.326. The summed E-state index contributed by atoms with van der Waals surface area (Å²) in [5.74, 6) is 0. The Morgan fingerprint density at radius 1 is 1.64 bits per heavy atom. The van der Waals surface area contributed by atoms with Gasteiger partial charge < -0.3 is 4.74 Å². The number of nitrogens with zero attached hydrogens (tertiary/aromatic N) is 3.